The van der Waals surface area contributed by atoms with Crippen molar-refractivity contribution in [3.8, 4) is 0 Å². The molecule has 2 aromatic rings. The van der Waals surface area contributed by atoms with Gasteiger partial charge in [-0.2, -0.15) is 0 Å². The Bertz CT molecular complexity index is 1000. The van der Waals surface area contributed by atoms with E-state index in [4.69, 9.17) is 18.9 Å². The fourth-order valence-electron chi connectivity index (χ4n) is 5.33. The van der Waals surface area contributed by atoms with Crippen molar-refractivity contribution in [1.29, 1.82) is 0 Å². The predicted molar refractivity (Wildman–Crippen MR) is 120 cm³/mol. The van der Waals surface area contributed by atoms with E-state index in [1.165, 1.54) is 0 Å². The van der Waals surface area contributed by atoms with Crippen LogP contribution in [0.1, 0.15) is 29.4 Å². The van der Waals surface area contributed by atoms with E-state index in [-0.39, 0.29) is 6.42 Å². The topological polar surface area (TPSA) is 105 Å². The number of carbonyl (C=O) groups is 4. The molecule has 3 unspecified atom stereocenters. The lowest BCUT2D eigenvalue weighted by molar-refractivity contribution is -0.178. The molecule has 34 heavy (non-hydrogen) atoms. The van der Waals surface area contributed by atoms with Gasteiger partial charge in [-0.05, 0) is 29.4 Å². The molecule has 0 aliphatic heterocycles. The molecule has 1 fully saturated rings. The van der Waals surface area contributed by atoms with E-state index >= 15 is 0 Å². The van der Waals surface area contributed by atoms with Crippen molar-refractivity contribution < 1.29 is 38.1 Å². The molecule has 0 spiro atoms. The van der Waals surface area contributed by atoms with Gasteiger partial charge >= 0.3 is 23.9 Å². The molecule has 0 heterocycles. The van der Waals surface area contributed by atoms with Crippen molar-refractivity contribution >= 4 is 23.9 Å². The van der Waals surface area contributed by atoms with Crippen molar-refractivity contribution in [3.05, 3.63) is 71.8 Å². The van der Waals surface area contributed by atoms with Gasteiger partial charge in [-0.25, -0.2) is 0 Å². The maximum absolute atomic E-state index is 13.4. The quantitative estimate of drug-likeness (QED) is 0.347. The summed E-state index contributed by atoms with van der Waals surface area (Å²) < 4.78 is 20.1. The largest absolute Gasteiger partial charge is 0.468 e. The maximum atomic E-state index is 13.4. The van der Waals surface area contributed by atoms with Crippen LogP contribution in [0.25, 0.3) is 0 Å². The summed E-state index contributed by atoms with van der Waals surface area (Å²) in [6, 6.07) is 18.5. The Labute approximate surface area is 198 Å². The van der Waals surface area contributed by atoms with Gasteiger partial charge in [-0.3, -0.25) is 19.2 Å². The first-order valence-electron chi connectivity index (χ1n) is 10.8. The van der Waals surface area contributed by atoms with Crippen LogP contribution in [0.2, 0.25) is 0 Å². The first kappa shape index (κ1) is 25.0. The Morgan fingerprint density at radius 3 is 1.56 bits per heavy atom. The molecule has 2 aromatic carbocycles. The number of hydrogen-bond acceptors (Lipinski definition) is 8. The zero-order valence-electron chi connectivity index (χ0n) is 19.6. The molecule has 8 heteroatoms. The van der Waals surface area contributed by atoms with Crippen LogP contribution in [0.3, 0.4) is 0 Å². The van der Waals surface area contributed by atoms with Gasteiger partial charge in [0.15, 0.2) is 11.3 Å². The molecule has 0 N–H and O–H groups in total. The average Bonchev–Trinajstić information content (AvgIpc) is 3.25. The Hall–Kier alpha value is -3.68. The van der Waals surface area contributed by atoms with E-state index in [2.05, 4.69) is 0 Å². The van der Waals surface area contributed by atoms with Gasteiger partial charge in [0.05, 0.1) is 28.4 Å². The van der Waals surface area contributed by atoms with Gasteiger partial charge in [0.1, 0.15) is 0 Å². The Morgan fingerprint density at radius 1 is 0.706 bits per heavy atom. The second kappa shape index (κ2) is 10.5. The van der Waals surface area contributed by atoms with Crippen LogP contribution >= 0.6 is 0 Å². The number of rotatable bonds is 7. The van der Waals surface area contributed by atoms with Crippen LogP contribution in [0.15, 0.2) is 60.7 Å². The van der Waals surface area contributed by atoms with Crippen LogP contribution in [0.4, 0.5) is 0 Å². The normalized spacial score (nSPS) is 20.9. The summed E-state index contributed by atoms with van der Waals surface area (Å²) in [7, 11) is 4.58. The lowest BCUT2D eigenvalue weighted by atomic mass is 9.66. The third-order valence-corrected chi connectivity index (χ3v) is 6.71. The van der Waals surface area contributed by atoms with E-state index in [1.807, 2.05) is 60.7 Å². The van der Waals surface area contributed by atoms with Crippen molar-refractivity contribution in [2.75, 3.05) is 28.4 Å². The van der Waals surface area contributed by atoms with Crippen LogP contribution < -0.4 is 0 Å². The molecule has 180 valence electrons. The minimum atomic E-state index is -1.96. The highest BCUT2D eigenvalue weighted by Crippen LogP contribution is 2.62. The van der Waals surface area contributed by atoms with Gasteiger partial charge in [-0.15, -0.1) is 0 Å². The van der Waals surface area contributed by atoms with E-state index in [0.717, 1.165) is 39.6 Å². The van der Waals surface area contributed by atoms with Gasteiger partial charge in [0.25, 0.3) is 0 Å². The summed E-state index contributed by atoms with van der Waals surface area (Å²) in [5.41, 5.74) is -0.379. The summed E-state index contributed by atoms with van der Waals surface area (Å²) in [5.74, 6) is -7.42. The molecule has 1 aliphatic carbocycles. The molecule has 1 aliphatic rings. The minimum absolute atomic E-state index is 0.0366. The van der Waals surface area contributed by atoms with E-state index < -0.39 is 53.0 Å². The van der Waals surface area contributed by atoms with Crippen molar-refractivity contribution in [2.24, 2.45) is 17.3 Å². The summed E-state index contributed by atoms with van der Waals surface area (Å²) in [6.07, 6.45) is -0.0366. The first-order valence-corrected chi connectivity index (χ1v) is 10.8. The second-order valence-electron chi connectivity index (χ2n) is 8.16. The Kier molecular flexibility index (Phi) is 7.71. The number of ether oxygens (including phenoxy) is 4. The SMILES string of the molecule is COC(=O)C(C(=O)OC)C1C(c2ccccc2)C(c2ccccc2)CC1(C(=O)OC)C(=O)OC. The van der Waals surface area contributed by atoms with E-state index in [9.17, 15) is 19.2 Å². The summed E-state index contributed by atoms with van der Waals surface area (Å²) in [6.45, 7) is 0. The van der Waals surface area contributed by atoms with Crippen LogP contribution in [0.5, 0.6) is 0 Å². The summed E-state index contributed by atoms with van der Waals surface area (Å²) in [4.78, 5) is 52.8. The minimum Gasteiger partial charge on any atom is -0.468 e. The monoisotopic (exact) mass is 468 g/mol. The molecule has 8 nitrogen and oxygen atoms in total. The maximum Gasteiger partial charge on any atom is 0.323 e. The van der Waals surface area contributed by atoms with Crippen molar-refractivity contribution in [1.82, 2.24) is 0 Å². The lowest BCUT2D eigenvalue weighted by Crippen LogP contribution is -2.51. The molecule has 0 saturated heterocycles. The molecular weight excluding hydrogens is 440 g/mol. The third kappa shape index (κ3) is 4.16. The molecule has 1 saturated carbocycles. The van der Waals surface area contributed by atoms with Gasteiger partial charge < -0.3 is 18.9 Å². The van der Waals surface area contributed by atoms with Crippen LogP contribution in [0, 0.1) is 17.3 Å². The number of hydrogen-bond donors (Lipinski definition) is 0. The molecule has 0 bridgehead atoms. The molecule has 0 amide bonds. The van der Waals surface area contributed by atoms with Crippen LogP contribution in [-0.2, 0) is 38.1 Å². The number of carbonyl (C=O) groups excluding carboxylic acids is 4. The fourth-order valence-corrected chi connectivity index (χ4v) is 5.33. The predicted octanol–water partition coefficient (Wildman–Crippen LogP) is 2.87. The standard InChI is InChI=1S/C26H28O8/c1-31-22(27)20(23(28)32-2)21-19(17-13-9-6-10-14-17)18(16-11-7-5-8-12-16)15-26(21,24(29)33-3)25(30)34-4/h5-14,18-21H,15H2,1-4H3. The molecular formula is C26H28O8. The molecule has 3 rings (SSSR count). The first-order chi connectivity index (χ1) is 16.4. The average molecular weight is 469 g/mol. The van der Waals surface area contributed by atoms with Crippen molar-refractivity contribution in [2.45, 2.75) is 18.3 Å². The van der Waals surface area contributed by atoms with Gasteiger partial charge in [-0.1, -0.05) is 60.7 Å². The number of esters is 4. The zero-order chi connectivity index (χ0) is 24.9. The summed E-state index contributed by atoms with van der Waals surface area (Å²) in [5, 5.41) is 0. The highest BCUT2D eigenvalue weighted by Gasteiger charge is 2.69. The van der Waals surface area contributed by atoms with Gasteiger partial charge in [0.2, 0.25) is 0 Å². The Balaban J connectivity index is 2.40. The molecule has 0 aromatic heterocycles. The van der Waals surface area contributed by atoms with Crippen LogP contribution in [-0.4, -0.2) is 52.3 Å². The van der Waals surface area contributed by atoms with Gasteiger partial charge in [0, 0.05) is 5.92 Å². The molecule has 3 atom stereocenters. The highest BCUT2D eigenvalue weighted by molar-refractivity contribution is 6.04. The third-order valence-electron chi connectivity index (χ3n) is 6.71. The lowest BCUT2D eigenvalue weighted by Gasteiger charge is -2.35. The smallest absolute Gasteiger partial charge is 0.323 e. The number of methoxy groups -OCH3 is 4. The fraction of sp³-hybridized carbons (Fsp3) is 0.385. The zero-order valence-corrected chi connectivity index (χ0v) is 19.6. The second-order valence-corrected chi connectivity index (χ2v) is 8.16. The van der Waals surface area contributed by atoms with E-state index in [0.29, 0.717) is 0 Å². The molecule has 0 radical (unpaired) electrons. The highest BCUT2D eigenvalue weighted by atomic mass is 16.6. The summed E-state index contributed by atoms with van der Waals surface area (Å²) >= 11 is 0. The number of benzene rings is 2. The Morgan fingerprint density at radius 2 is 1.15 bits per heavy atom. The van der Waals surface area contributed by atoms with E-state index in [1.54, 1.807) is 0 Å². The van der Waals surface area contributed by atoms with Crippen molar-refractivity contribution in [3.63, 3.8) is 0 Å².